The number of cyclic esters (lactones) is 1. The first-order valence-corrected chi connectivity index (χ1v) is 9.65. The van der Waals surface area contributed by atoms with Gasteiger partial charge in [-0.15, -0.1) is 0 Å². The van der Waals surface area contributed by atoms with Gasteiger partial charge in [0.15, 0.2) is 23.0 Å². The average Bonchev–Trinajstić information content (AvgIpc) is 3.09. The van der Waals surface area contributed by atoms with Crippen LogP contribution >= 0.6 is 0 Å². The van der Waals surface area contributed by atoms with E-state index in [1.54, 1.807) is 20.3 Å². The minimum absolute atomic E-state index is 0.237. The number of carbonyl (C=O) groups excluding carboxylic acids is 1. The Morgan fingerprint density at radius 1 is 1.00 bits per heavy atom. The normalized spacial score (nSPS) is 20.2. The second kappa shape index (κ2) is 7.60. The number of nitrogens with zero attached hydrogens (tertiary/aromatic N) is 1. The lowest BCUT2D eigenvalue weighted by Gasteiger charge is -2.38. The van der Waals surface area contributed by atoms with Crippen LogP contribution in [0.15, 0.2) is 18.2 Å². The Kier molecular flexibility index (Phi) is 5.11. The van der Waals surface area contributed by atoms with Crippen molar-refractivity contribution in [2.24, 2.45) is 0 Å². The molecule has 4 rings (SSSR count). The molecule has 2 heterocycles. The van der Waals surface area contributed by atoms with Crippen LogP contribution in [0.25, 0.3) is 0 Å². The van der Waals surface area contributed by atoms with Gasteiger partial charge in [-0.1, -0.05) is 0 Å². The van der Waals surface area contributed by atoms with Gasteiger partial charge in [-0.05, 0) is 36.7 Å². The summed E-state index contributed by atoms with van der Waals surface area (Å²) in [6.07, 6.45) is 0.256. The first-order chi connectivity index (χ1) is 14.4. The molecular weight excluding hydrogens is 388 g/mol. The lowest BCUT2D eigenvalue weighted by molar-refractivity contribution is 0.00950. The van der Waals surface area contributed by atoms with E-state index in [2.05, 4.69) is 4.90 Å². The van der Waals surface area contributed by atoms with Crippen molar-refractivity contribution in [2.45, 2.75) is 18.6 Å². The number of methoxy groups -OCH3 is 4. The third-order valence-electron chi connectivity index (χ3n) is 5.92. The van der Waals surface area contributed by atoms with Gasteiger partial charge in [-0.2, -0.15) is 0 Å². The fraction of sp³-hybridized carbons (Fsp3) is 0.409. The first kappa shape index (κ1) is 20.2. The van der Waals surface area contributed by atoms with E-state index in [0.717, 1.165) is 24.1 Å². The van der Waals surface area contributed by atoms with Gasteiger partial charge in [-0.3, -0.25) is 4.90 Å². The first-order valence-electron chi connectivity index (χ1n) is 9.65. The van der Waals surface area contributed by atoms with Gasteiger partial charge in [0.25, 0.3) is 0 Å². The summed E-state index contributed by atoms with van der Waals surface area (Å²) in [4.78, 5) is 15.0. The van der Waals surface area contributed by atoms with Crippen LogP contribution in [0.5, 0.6) is 23.0 Å². The molecule has 0 saturated heterocycles. The van der Waals surface area contributed by atoms with Crippen molar-refractivity contribution in [3.63, 3.8) is 0 Å². The number of ether oxygens (including phenoxy) is 5. The molecule has 2 aromatic rings. The number of carbonyl (C=O) groups is 1. The van der Waals surface area contributed by atoms with Gasteiger partial charge in [-0.25, -0.2) is 4.79 Å². The summed E-state index contributed by atoms with van der Waals surface area (Å²) in [6, 6.07) is 5.38. The molecule has 0 amide bonds. The minimum atomic E-state index is -0.588. The largest absolute Gasteiger partial charge is 0.493 e. The molecule has 2 aliphatic rings. The van der Waals surface area contributed by atoms with Gasteiger partial charge in [0, 0.05) is 23.9 Å². The lowest BCUT2D eigenvalue weighted by atomic mass is 9.85. The third kappa shape index (κ3) is 2.90. The molecule has 2 aliphatic heterocycles. The van der Waals surface area contributed by atoms with Gasteiger partial charge < -0.3 is 29.4 Å². The zero-order chi connectivity index (χ0) is 21.6. The van der Waals surface area contributed by atoms with Gasteiger partial charge >= 0.3 is 5.97 Å². The predicted octanol–water partition coefficient (Wildman–Crippen LogP) is 2.74. The molecule has 160 valence electrons. The molecule has 2 unspecified atom stereocenters. The number of likely N-dealkylation sites (N-methyl/N-ethyl adjacent to an activating group) is 1. The van der Waals surface area contributed by atoms with Gasteiger partial charge in [0.2, 0.25) is 0 Å². The van der Waals surface area contributed by atoms with Crippen molar-refractivity contribution in [3.05, 3.63) is 40.5 Å². The summed E-state index contributed by atoms with van der Waals surface area (Å²) in [7, 11) is 8.23. The Bertz CT molecular complexity index is 1010. The maximum atomic E-state index is 12.9. The minimum Gasteiger partial charge on any atom is -0.493 e. The highest BCUT2D eigenvalue weighted by Crippen LogP contribution is 2.52. The Morgan fingerprint density at radius 2 is 1.67 bits per heavy atom. The molecule has 0 bridgehead atoms. The van der Waals surface area contributed by atoms with Gasteiger partial charge in [0.1, 0.15) is 11.7 Å². The van der Waals surface area contributed by atoms with Crippen LogP contribution in [0.3, 0.4) is 0 Å². The van der Waals surface area contributed by atoms with Crippen molar-refractivity contribution in [1.29, 1.82) is 0 Å². The van der Waals surface area contributed by atoms with E-state index in [1.807, 2.05) is 19.2 Å². The number of hydrogen-bond donors (Lipinski definition) is 1. The van der Waals surface area contributed by atoms with Crippen molar-refractivity contribution >= 4 is 11.7 Å². The zero-order valence-electron chi connectivity index (χ0n) is 17.8. The highest BCUT2D eigenvalue weighted by Gasteiger charge is 2.45. The maximum Gasteiger partial charge on any atom is 0.343 e. The molecule has 8 nitrogen and oxygen atoms in total. The number of benzene rings is 2. The van der Waals surface area contributed by atoms with E-state index < -0.39 is 12.1 Å². The standard InChI is InChI=1S/C22H26N2O6/c1-24-7-6-11-8-14(26-2)15(27-3)9-12(11)19(24)21-17-13(23)10-16(28-4)20(29-5)18(17)22(25)30-21/h8-10,19,21H,6-7,23H2,1-5H3. The van der Waals surface area contributed by atoms with Crippen LogP contribution in [0.2, 0.25) is 0 Å². The van der Waals surface area contributed by atoms with Crippen LogP contribution < -0.4 is 24.7 Å². The molecule has 0 spiro atoms. The van der Waals surface area contributed by atoms with Crippen molar-refractivity contribution in [2.75, 3.05) is 47.8 Å². The Balaban J connectivity index is 1.89. The molecule has 30 heavy (non-hydrogen) atoms. The Hall–Kier alpha value is -3.13. The second-order valence-electron chi connectivity index (χ2n) is 7.40. The molecular formula is C22H26N2O6. The number of nitrogen functional groups attached to an aromatic ring is 1. The number of esters is 1. The molecule has 0 aromatic heterocycles. The monoisotopic (exact) mass is 414 g/mol. The zero-order valence-corrected chi connectivity index (χ0v) is 17.8. The highest BCUT2D eigenvalue weighted by atomic mass is 16.6. The fourth-order valence-electron chi connectivity index (χ4n) is 4.49. The summed E-state index contributed by atoms with van der Waals surface area (Å²) >= 11 is 0. The molecule has 0 radical (unpaired) electrons. The van der Waals surface area contributed by atoms with E-state index in [4.69, 9.17) is 29.4 Å². The maximum absolute atomic E-state index is 12.9. The molecule has 2 aromatic carbocycles. The van der Waals surface area contributed by atoms with Crippen molar-refractivity contribution in [3.8, 4) is 23.0 Å². The van der Waals surface area contributed by atoms with E-state index >= 15 is 0 Å². The number of hydrogen-bond acceptors (Lipinski definition) is 8. The quantitative estimate of drug-likeness (QED) is 0.590. The molecule has 2 atom stereocenters. The van der Waals surface area contributed by atoms with Crippen LogP contribution in [0.1, 0.15) is 39.2 Å². The lowest BCUT2D eigenvalue weighted by Crippen LogP contribution is -2.36. The Labute approximate surface area is 175 Å². The van der Waals surface area contributed by atoms with Crippen molar-refractivity contribution < 1.29 is 28.5 Å². The van der Waals surface area contributed by atoms with E-state index in [-0.39, 0.29) is 6.04 Å². The SMILES string of the molecule is COc1cc2c(cc1OC)C(C1OC(=O)c3c(OC)c(OC)cc(N)c31)N(C)CC2. The summed E-state index contributed by atoms with van der Waals surface area (Å²) < 4.78 is 27.7. The average molecular weight is 414 g/mol. The van der Waals surface area contributed by atoms with Crippen LogP contribution in [0.4, 0.5) is 5.69 Å². The molecule has 0 saturated carbocycles. The van der Waals surface area contributed by atoms with Gasteiger partial charge in [0.05, 0.1) is 34.5 Å². The number of fused-ring (bicyclic) bond motifs is 2. The highest BCUT2D eigenvalue weighted by molar-refractivity contribution is 6.00. The van der Waals surface area contributed by atoms with E-state index in [0.29, 0.717) is 39.8 Å². The summed E-state index contributed by atoms with van der Waals surface area (Å²) in [5.41, 5.74) is 9.88. The van der Waals surface area contributed by atoms with E-state index in [1.165, 1.54) is 14.2 Å². The Morgan fingerprint density at radius 3 is 2.30 bits per heavy atom. The fourth-order valence-corrected chi connectivity index (χ4v) is 4.49. The smallest absolute Gasteiger partial charge is 0.343 e. The number of nitrogens with two attached hydrogens (primary N) is 1. The summed E-state index contributed by atoms with van der Waals surface area (Å²) in [5, 5.41) is 0. The second-order valence-corrected chi connectivity index (χ2v) is 7.40. The summed E-state index contributed by atoms with van der Waals surface area (Å²) in [6.45, 7) is 0.795. The van der Waals surface area contributed by atoms with Crippen LogP contribution in [-0.2, 0) is 11.2 Å². The van der Waals surface area contributed by atoms with Crippen LogP contribution in [0, 0.1) is 0 Å². The predicted molar refractivity (Wildman–Crippen MR) is 111 cm³/mol. The van der Waals surface area contributed by atoms with Crippen LogP contribution in [-0.4, -0.2) is 52.9 Å². The molecule has 0 fully saturated rings. The molecule has 2 N–H and O–H groups in total. The summed E-state index contributed by atoms with van der Waals surface area (Å²) in [5.74, 6) is 1.56. The number of anilines is 1. The number of rotatable bonds is 5. The molecule has 8 heteroatoms. The molecule has 0 aliphatic carbocycles. The topological polar surface area (TPSA) is 92.5 Å². The van der Waals surface area contributed by atoms with Crippen molar-refractivity contribution in [1.82, 2.24) is 4.90 Å². The van der Waals surface area contributed by atoms with E-state index in [9.17, 15) is 4.79 Å². The third-order valence-corrected chi connectivity index (χ3v) is 5.92.